The number of carbonyl (C=O) groups is 1. The minimum atomic E-state index is -0.386. The lowest BCUT2D eigenvalue weighted by molar-refractivity contribution is 0.100. The van der Waals surface area contributed by atoms with Gasteiger partial charge in [-0.15, -0.1) is 11.3 Å². The van der Waals surface area contributed by atoms with E-state index in [0.717, 1.165) is 22.9 Å². The molecular weight excluding hydrogens is 222 g/mol. The number of primary amides is 1. The van der Waals surface area contributed by atoms with E-state index < -0.39 is 0 Å². The number of allylic oxidation sites excluding steroid dienone is 2. The van der Waals surface area contributed by atoms with E-state index in [4.69, 9.17) is 5.73 Å². The molecule has 1 aromatic rings. The third kappa shape index (κ3) is 1.37. The normalized spacial score (nSPS) is 16.8. The molecule has 5 heteroatoms. The highest BCUT2D eigenvalue weighted by atomic mass is 32.1. The van der Waals surface area contributed by atoms with Gasteiger partial charge in [0, 0.05) is 11.8 Å². The first kappa shape index (κ1) is 9.35. The van der Waals surface area contributed by atoms with E-state index in [1.807, 2.05) is 35.4 Å². The molecule has 1 amide bonds. The van der Waals surface area contributed by atoms with Gasteiger partial charge >= 0.3 is 0 Å². The van der Waals surface area contributed by atoms with Gasteiger partial charge in [0.15, 0.2) is 0 Å². The van der Waals surface area contributed by atoms with Crippen molar-refractivity contribution in [3.63, 3.8) is 0 Å². The SMILES string of the molecule is NC(=O)c1cc2c(s1)N=C1C=CC=CN1C2. The van der Waals surface area contributed by atoms with Crippen LogP contribution in [0.3, 0.4) is 0 Å². The van der Waals surface area contributed by atoms with Crippen LogP contribution in [0.15, 0.2) is 35.5 Å². The summed E-state index contributed by atoms with van der Waals surface area (Å²) < 4.78 is 0. The van der Waals surface area contributed by atoms with Gasteiger partial charge in [0.1, 0.15) is 10.8 Å². The molecule has 0 aliphatic carbocycles. The Kier molecular flexibility index (Phi) is 1.94. The van der Waals surface area contributed by atoms with Gasteiger partial charge in [0.2, 0.25) is 0 Å². The summed E-state index contributed by atoms with van der Waals surface area (Å²) in [5.41, 5.74) is 6.31. The number of nitrogens with two attached hydrogens (primary N) is 1. The highest BCUT2D eigenvalue weighted by molar-refractivity contribution is 7.18. The lowest BCUT2D eigenvalue weighted by atomic mass is 10.2. The van der Waals surface area contributed by atoms with Crippen LogP contribution in [-0.2, 0) is 6.54 Å². The molecule has 1 aromatic heterocycles. The van der Waals surface area contributed by atoms with Crippen LogP contribution in [0.5, 0.6) is 0 Å². The monoisotopic (exact) mass is 231 g/mol. The summed E-state index contributed by atoms with van der Waals surface area (Å²) in [5.74, 6) is 0.525. The Hall–Kier alpha value is -1.88. The fourth-order valence-corrected chi connectivity index (χ4v) is 2.64. The highest BCUT2D eigenvalue weighted by Gasteiger charge is 2.21. The molecule has 16 heavy (non-hydrogen) atoms. The zero-order valence-corrected chi connectivity index (χ0v) is 9.20. The molecular formula is C11H9N3OS. The second kappa shape index (κ2) is 3.31. The number of hydrogen-bond donors (Lipinski definition) is 1. The number of carbonyl (C=O) groups excluding carboxylic acids is 1. The Morgan fingerprint density at radius 3 is 3.19 bits per heavy atom. The molecule has 0 radical (unpaired) electrons. The average Bonchev–Trinajstić information content (AvgIpc) is 2.68. The average molecular weight is 231 g/mol. The smallest absolute Gasteiger partial charge is 0.258 e. The van der Waals surface area contributed by atoms with Crippen LogP contribution in [-0.4, -0.2) is 16.6 Å². The Morgan fingerprint density at radius 2 is 2.38 bits per heavy atom. The first-order valence-electron chi connectivity index (χ1n) is 4.87. The molecule has 2 aliphatic rings. The number of nitrogens with zero attached hydrogens (tertiary/aromatic N) is 2. The van der Waals surface area contributed by atoms with Crippen molar-refractivity contribution in [2.24, 2.45) is 10.7 Å². The van der Waals surface area contributed by atoms with Gasteiger partial charge in [-0.1, -0.05) is 6.08 Å². The first-order valence-corrected chi connectivity index (χ1v) is 5.68. The van der Waals surface area contributed by atoms with E-state index in [2.05, 4.69) is 4.99 Å². The largest absolute Gasteiger partial charge is 0.365 e. The van der Waals surface area contributed by atoms with Crippen molar-refractivity contribution >= 4 is 28.1 Å². The summed E-state index contributed by atoms with van der Waals surface area (Å²) in [6, 6.07) is 1.83. The molecule has 4 nitrogen and oxygen atoms in total. The molecule has 0 atom stereocenters. The van der Waals surface area contributed by atoms with Gasteiger partial charge in [0.05, 0.1) is 11.4 Å². The number of rotatable bonds is 1. The van der Waals surface area contributed by atoms with Crippen molar-refractivity contribution in [3.05, 3.63) is 40.9 Å². The van der Waals surface area contributed by atoms with Crippen molar-refractivity contribution in [1.82, 2.24) is 4.90 Å². The van der Waals surface area contributed by atoms with Gasteiger partial charge < -0.3 is 10.6 Å². The van der Waals surface area contributed by atoms with Crippen LogP contribution in [0.2, 0.25) is 0 Å². The third-order valence-corrected chi connectivity index (χ3v) is 3.59. The summed E-state index contributed by atoms with van der Waals surface area (Å²) in [7, 11) is 0. The molecule has 0 unspecified atom stereocenters. The highest BCUT2D eigenvalue weighted by Crippen LogP contribution is 2.35. The van der Waals surface area contributed by atoms with Crippen molar-refractivity contribution in [1.29, 1.82) is 0 Å². The topological polar surface area (TPSA) is 58.7 Å². The van der Waals surface area contributed by atoms with Crippen molar-refractivity contribution in [2.75, 3.05) is 0 Å². The number of aliphatic imine (C=N–C) groups is 1. The minimum Gasteiger partial charge on any atom is -0.365 e. The standard InChI is InChI=1S/C11H9N3OS/c12-10(15)8-5-7-6-14-4-2-1-3-9(14)13-11(7)16-8/h1-5H,6H2,(H2,12,15). The van der Waals surface area contributed by atoms with Gasteiger partial charge in [-0.05, 0) is 18.2 Å². The Morgan fingerprint density at radius 1 is 1.50 bits per heavy atom. The molecule has 0 bridgehead atoms. The second-order valence-electron chi connectivity index (χ2n) is 3.60. The number of thiophene rings is 1. The molecule has 2 aliphatic heterocycles. The predicted octanol–water partition coefficient (Wildman–Crippen LogP) is 1.78. The number of amidine groups is 1. The quantitative estimate of drug-likeness (QED) is 0.800. The van der Waals surface area contributed by atoms with Gasteiger partial charge in [0.25, 0.3) is 5.91 Å². The van der Waals surface area contributed by atoms with E-state index in [1.54, 1.807) is 0 Å². The van der Waals surface area contributed by atoms with Crippen LogP contribution in [0, 0.1) is 0 Å². The van der Waals surface area contributed by atoms with E-state index >= 15 is 0 Å². The molecule has 3 rings (SSSR count). The first-order chi connectivity index (χ1) is 7.74. The minimum absolute atomic E-state index is 0.386. The van der Waals surface area contributed by atoms with Crippen molar-refractivity contribution in [2.45, 2.75) is 6.54 Å². The Labute approximate surface area is 96.4 Å². The molecule has 80 valence electrons. The van der Waals surface area contributed by atoms with Crippen LogP contribution in [0.4, 0.5) is 5.00 Å². The van der Waals surface area contributed by atoms with Gasteiger partial charge in [-0.25, -0.2) is 4.99 Å². The molecule has 2 N–H and O–H groups in total. The number of amides is 1. The predicted molar refractivity (Wildman–Crippen MR) is 63.8 cm³/mol. The fourth-order valence-electron chi connectivity index (χ4n) is 1.74. The summed E-state index contributed by atoms with van der Waals surface area (Å²) in [5, 5.41) is 0.889. The maximum atomic E-state index is 11.1. The maximum absolute atomic E-state index is 11.1. The molecule has 0 saturated carbocycles. The van der Waals surface area contributed by atoms with E-state index in [-0.39, 0.29) is 5.91 Å². The second-order valence-corrected chi connectivity index (χ2v) is 4.63. The fraction of sp³-hybridized carbons (Fsp3) is 0.0909. The summed E-state index contributed by atoms with van der Waals surface area (Å²) in [6.45, 7) is 0.749. The summed E-state index contributed by atoms with van der Waals surface area (Å²) in [4.78, 5) is 18.2. The van der Waals surface area contributed by atoms with Crippen LogP contribution < -0.4 is 5.73 Å². The van der Waals surface area contributed by atoms with Crippen molar-refractivity contribution in [3.8, 4) is 0 Å². The summed E-state index contributed by atoms with van der Waals surface area (Å²) >= 11 is 1.35. The lowest BCUT2D eigenvalue weighted by Gasteiger charge is -2.25. The van der Waals surface area contributed by atoms with E-state index in [0.29, 0.717) is 4.88 Å². The van der Waals surface area contributed by atoms with E-state index in [9.17, 15) is 4.79 Å². The Bertz CT molecular complexity index is 554. The van der Waals surface area contributed by atoms with Gasteiger partial charge in [-0.3, -0.25) is 4.79 Å². The molecule has 0 spiro atoms. The lowest BCUT2D eigenvalue weighted by Crippen LogP contribution is -2.26. The van der Waals surface area contributed by atoms with E-state index in [1.165, 1.54) is 11.3 Å². The Balaban J connectivity index is 2.07. The number of fused-ring (bicyclic) bond motifs is 2. The van der Waals surface area contributed by atoms with Crippen LogP contribution >= 0.6 is 11.3 Å². The molecule has 0 aromatic carbocycles. The zero-order valence-electron chi connectivity index (χ0n) is 8.38. The van der Waals surface area contributed by atoms with Gasteiger partial charge in [-0.2, -0.15) is 0 Å². The maximum Gasteiger partial charge on any atom is 0.258 e. The molecule has 3 heterocycles. The molecule has 0 saturated heterocycles. The zero-order chi connectivity index (χ0) is 11.1. The van der Waals surface area contributed by atoms with Crippen LogP contribution in [0.25, 0.3) is 0 Å². The van der Waals surface area contributed by atoms with Crippen molar-refractivity contribution < 1.29 is 4.79 Å². The molecule has 0 fully saturated rings. The summed E-state index contributed by atoms with van der Waals surface area (Å²) in [6.07, 6.45) is 7.84. The third-order valence-electron chi connectivity index (χ3n) is 2.50. The number of hydrogen-bond acceptors (Lipinski definition) is 4. The van der Waals surface area contributed by atoms with Crippen LogP contribution in [0.1, 0.15) is 15.2 Å².